The molecule has 0 saturated carbocycles. The number of ether oxygens (including phenoxy) is 1. The summed E-state index contributed by atoms with van der Waals surface area (Å²) in [6.07, 6.45) is 5.22. The van der Waals surface area contributed by atoms with Gasteiger partial charge in [-0.15, -0.1) is 11.8 Å². The van der Waals surface area contributed by atoms with Crippen LogP contribution in [-0.4, -0.2) is 59.2 Å². The lowest BCUT2D eigenvalue weighted by molar-refractivity contribution is 0.0238. The summed E-state index contributed by atoms with van der Waals surface area (Å²) >= 11 is 8.39. The van der Waals surface area contributed by atoms with E-state index in [1.165, 1.54) is 4.90 Å². The number of aliphatic hydroxyl groups is 2. The molecule has 0 spiro atoms. The number of likely N-dealkylation sites (tertiary alicyclic amines) is 1. The zero-order valence-corrected chi connectivity index (χ0v) is 21.9. The van der Waals surface area contributed by atoms with E-state index in [-0.39, 0.29) is 12.0 Å². The van der Waals surface area contributed by atoms with Crippen molar-refractivity contribution in [3.8, 4) is 5.75 Å². The van der Waals surface area contributed by atoms with Crippen molar-refractivity contribution >= 4 is 34.3 Å². The Kier molecular flexibility index (Phi) is 9.31. The molecule has 35 heavy (non-hydrogen) atoms. The molecule has 7 heteroatoms. The molecule has 0 amide bonds. The van der Waals surface area contributed by atoms with Crippen LogP contribution in [0.25, 0.3) is 10.9 Å². The number of aromatic nitrogens is 1. The number of aliphatic hydroxyl groups excluding tert-OH is 2. The summed E-state index contributed by atoms with van der Waals surface area (Å²) in [4.78, 5) is 8.22. The number of piperidine rings is 1. The maximum atomic E-state index is 11.1. The summed E-state index contributed by atoms with van der Waals surface area (Å²) in [5, 5.41) is 22.7. The van der Waals surface area contributed by atoms with Crippen LogP contribution in [0.3, 0.4) is 0 Å². The van der Waals surface area contributed by atoms with Gasteiger partial charge in [0, 0.05) is 28.6 Å². The normalized spacial score (nSPS) is 16.9. The molecule has 1 fully saturated rings. The van der Waals surface area contributed by atoms with E-state index in [2.05, 4.69) is 40.2 Å². The van der Waals surface area contributed by atoms with Gasteiger partial charge in [0.1, 0.15) is 5.75 Å². The molecule has 3 aromatic rings. The van der Waals surface area contributed by atoms with Gasteiger partial charge in [-0.3, -0.25) is 4.98 Å². The Balaban J connectivity index is 1.30. The molecule has 0 unspecified atom stereocenters. The Labute approximate surface area is 217 Å². The van der Waals surface area contributed by atoms with Crippen molar-refractivity contribution in [2.45, 2.75) is 43.1 Å². The van der Waals surface area contributed by atoms with Crippen molar-refractivity contribution in [3.63, 3.8) is 0 Å². The smallest absolute Gasteiger partial charge is 0.119 e. The van der Waals surface area contributed by atoms with Gasteiger partial charge in [0.2, 0.25) is 0 Å². The Hall–Kier alpha value is -1.83. The summed E-state index contributed by atoms with van der Waals surface area (Å²) < 4.78 is 5.36. The summed E-state index contributed by atoms with van der Waals surface area (Å²) in [6.45, 7) is 3.21. The van der Waals surface area contributed by atoms with Crippen LogP contribution in [0.4, 0.5) is 0 Å². The van der Waals surface area contributed by atoms with Crippen LogP contribution in [0.5, 0.6) is 5.75 Å². The second-order valence-electron chi connectivity index (χ2n) is 9.47. The van der Waals surface area contributed by atoms with Crippen LogP contribution in [0.15, 0.2) is 59.6 Å². The van der Waals surface area contributed by atoms with Gasteiger partial charge in [-0.2, -0.15) is 0 Å². The van der Waals surface area contributed by atoms with E-state index in [9.17, 15) is 10.2 Å². The fraction of sp³-hybridized carbons (Fsp3) is 0.464. The number of fused-ring (bicyclic) bond motifs is 1. The molecule has 4 rings (SSSR count). The van der Waals surface area contributed by atoms with Crippen LogP contribution in [0.1, 0.15) is 43.8 Å². The Bertz CT molecular complexity index is 1090. The van der Waals surface area contributed by atoms with E-state index in [1.807, 2.05) is 30.0 Å². The van der Waals surface area contributed by atoms with Gasteiger partial charge in [0.15, 0.2) is 0 Å². The van der Waals surface area contributed by atoms with Crippen LogP contribution in [-0.2, 0) is 0 Å². The van der Waals surface area contributed by atoms with Gasteiger partial charge in [0.25, 0.3) is 0 Å². The highest BCUT2D eigenvalue weighted by Gasteiger charge is 2.34. The third kappa shape index (κ3) is 6.69. The first kappa shape index (κ1) is 26.2. The molecule has 1 aromatic heterocycles. The molecule has 1 atom stereocenters. The molecular weight excluding hydrogens is 480 g/mol. The summed E-state index contributed by atoms with van der Waals surface area (Å²) in [6, 6.07) is 16.2. The highest BCUT2D eigenvalue weighted by molar-refractivity contribution is 7.99. The SMILES string of the molecule is COc1ccc2ncc(Cl)c([C@@H](O)CCC3(CO)CCN(CCCSc4ccccc4)CC3)c2c1. The average Bonchev–Trinajstić information content (AvgIpc) is 2.90. The molecule has 2 N–H and O–H groups in total. The molecule has 1 aliphatic rings. The first-order valence-corrected chi connectivity index (χ1v) is 13.7. The van der Waals surface area contributed by atoms with Crippen molar-refractivity contribution in [1.29, 1.82) is 0 Å². The molecule has 0 aliphatic carbocycles. The van der Waals surface area contributed by atoms with Gasteiger partial charge in [-0.05, 0) is 93.2 Å². The van der Waals surface area contributed by atoms with Crippen molar-refractivity contribution in [1.82, 2.24) is 9.88 Å². The van der Waals surface area contributed by atoms with Gasteiger partial charge in [-0.1, -0.05) is 29.8 Å². The highest BCUT2D eigenvalue weighted by atomic mass is 35.5. The second kappa shape index (κ2) is 12.4. The lowest BCUT2D eigenvalue weighted by Crippen LogP contribution is -2.42. The summed E-state index contributed by atoms with van der Waals surface area (Å²) in [5.41, 5.74) is 1.32. The maximum absolute atomic E-state index is 11.1. The monoisotopic (exact) mass is 514 g/mol. The van der Waals surface area contributed by atoms with E-state index < -0.39 is 6.10 Å². The molecule has 1 saturated heterocycles. The lowest BCUT2D eigenvalue weighted by Gasteiger charge is -2.41. The second-order valence-corrected chi connectivity index (χ2v) is 11.0. The molecule has 2 aromatic carbocycles. The molecule has 2 heterocycles. The van der Waals surface area contributed by atoms with Crippen LogP contribution >= 0.6 is 23.4 Å². The van der Waals surface area contributed by atoms with E-state index >= 15 is 0 Å². The Morgan fingerprint density at radius 3 is 2.66 bits per heavy atom. The molecular formula is C28H35ClN2O3S. The number of rotatable bonds is 11. The lowest BCUT2D eigenvalue weighted by atomic mass is 9.74. The topological polar surface area (TPSA) is 65.8 Å². The zero-order valence-electron chi connectivity index (χ0n) is 20.3. The predicted molar refractivity (Wildman–Crippen MR) is 144 cm³/mol. The van der Waals surface area contributed by atoms with Crippen molar-refractivity contribution in [2.24, 2.45) is 5.41 Å². The van der Waals surface area contributed by atoms with Gasteiger partial charge < -0.3 is 19.8 Å². The predicted octanol–water partition coefficient (Wildman–Crippen LogP) is 5.97. The number of pyridine rings is 1. The number of halogens is 1. The van der Waals surface area contributed by atoms with E-state index in [1.54, 1.807) is 13.3 Å². The first-order chi connectivity index (χ1) is 17.0. The molecule has 0 bridgehead atoms. The Morgan fingerprint density at radius 1 is 1.17 bits per heavy atom. The van der Waals surface area contributed by atoms with E-state index in [0.29, 0.717) is 22.8 Å². The molecule has 0 radical (unpaired) electrons. The fourth-order valence-electron chi connectivity index (χ4n) is 4.95. The molecule has 5 nitrogen and oxygen atoms in total. The van der Waals surface area contributed by atoms with Crippen molar-refractivity contribution in [3.05, 3.63) is 65.3 Å². The third-order valence-electron chi connectivity index (χ3n) is 7.23. The van der Waals surface area contributed by atoms with Crippen molar-refractivity contribution < 1.29 is 14.9 Å². The fourth-order valence-corrected chi connectivity index (χ4v) is 6.09. The van der Waals surface area contributed by atoms with Crippen LogP contribution in [0, 0.1) is 5.41 Å². The van der Waals surface area contributed by atoms with Crippen LogP contribution < -0.4 is 4.74 Å². The quantitative estimate of drug-likeness (QED) is 0.243. The average molecular weight is 515 g/mol. The van der Waals surface area contributed by atoms with E-state index in [4.69, 9.17) is 16.3 Å². The number of thioether (sulfide) groups is 1. The zero-order chi connectivity index (χ0) is 24.7. The number of nitrogens with zero attached hydrogens (tertiary/aromatic N) is 2. The Morgan fingerprint density at radius 2 is 1.94 bits per heavy atom. The number of methoxy groups -OCH3 is 1. The maximum Gasteiger partial charge on any atom is 0.119 e. The number of hydrogen-bond acceptors (Lipinski definition) is 6. The highest BCUT2D eigenvalue weighted by Crippen LogP contribution is 2.40. The van der Waals surface area contributed by atoms with Crippen molar-refractivity contribution in [2.75, 3.05) is 39.1 Å². The third-order valence-corrected chi connectivity index (χ3v) is 8.63. The summed E-state index contributed by atoms with van der Waals surface area (Å²) in [5.74, 6) is 1.82. The standard InChI is InChI=1S/C28H35ClN2O3S/c1-34-21-8-9-25-23(18-21)27(24(29)19-30-25)26(33)10-11-28(20-32)12-15-31(16-13-28)14-5-17-35-22-6-3-2-4-7-22/h2-4,6-9,18-19,26,32-33H,5,10-17,20H2,1H3/t26-/m0/s1. The minimum Gasteiger partial charge on any atom is -0.497 e. The van der Waals surface area contributed by atoms with E-state index in [0.717, 1.165) is 62.0 Å². The number of benzene rings is 2. The first-order valence-electron chi connectivity index (χ1n) is 12.3. The van der Waals surface area contributed by atoms with Gasteiger partial charge in [-0.25, -0.2) is 0 Å². The van der Waals surface area contributed by atoms with Gasteiger partial charge >= 0.3 is 0 Å². The van der Waals surface area contributed by atoms with Gasteiger partial charge in [0.05, 0.1) is 23.8 Å². The molecule has 188 valence electrons. The minimum atomic E-state index is -0.725. The molecule has 1 aliphatic heterocycles. The minimum absolute atomic E-state index is 0.149. The largest absolute Gasteiger partial charge is 0.497 e. The summed E-state index contributed by atoms with van der Waals surface area (Å²) in [7, 11) is 1.62. The number of hydrogen-bond donors (Lipinski definition) is 2. The van der Waals surface area contributed by atoms with Crippen LogP contribution in [0.2, 0.25) is 5.02 Å².